The van der Waals surface area contributed by atoms with Gasteiger partial charge in [-0.05, 0) is 44.2 Å². The summed E-state index contributed by atoms with van der Waals surface area (Å²) in [6, 6.07) is 13.2. The highest BCUT2D eigenvalue weighted by Gasteiger charge is 2.15. The SMILES string of the molecule is Cc1ccc(OC(C)C(=O)Nc2ccc3[nH]ncc3c2)cc1. The first-order chi connectivity index (χ1) is 10.6. The summed E-state index contributed by atoms with van der Waals surface area (Å²) in [5.41, 5.74) is 2.80. The van der Waals surface area contributed by atoms with Crippen LogP contribution in [0.15, 0.2) is 48.7 Å². The highest BCUT2D eigenvalue weighted by Crippen LogP contribution is 2.18. The van der Waals surface area contributed by atoms with Crippen LogP contribution in [0.25, 0.3) is 10.9 Å². The third-order valence-electron chi connectivity index (χ3n) is 3.41. The molecule has 5 heteroatoms. The van der Waals surface area contributed by atoms with E-state index in [1.807, 2.05) is 49.4 Å². The summed E-state index contributed by atoms with van der Waals surface area (Å²) in [7, 11) is 0. The molecule has 0 radical (unpaired) electrons. The molecule has 0 aliphatic heterocycles. The number of carbonyl (C=O) groups is 1. The van der Waals surface area contributed by atoms with E-state index >= 15 is 0 Å². The van der Waals surface area contributed by atoms with Crippen molar-refractivity contribution in [2.24, 2.45) is 0 Å². The lowest BCUT2D eigenvalue weighted by Gasteiger charge is -2.15. The molecule has 0 aliphatic carbocycles. The molecular formula is C17H17N3O2. The molecule has 0 spiro atoms. The molecular weight excluding hydrogens is 278 g/mol. The highest BCUT2D eigenvalue weighted by molar-refractivity contribution is 5.96. The van der Waals surface area contributed by atoms with Crippen LogP contribution in [0.5, 0.6) is 5.75 Å². The summed E-state index contributed by atoms with van der Waals surface area (Å²) in [5, 5.41) is 10.6. The van der Waals surface area contributed by atoms with Crippen molar-refractivity contribution in [3.8, 4) is 5.75 Å². The van der Waals surface area contributed by atoms with E-state index in [1.54, 1.807) is 13.1 Å². The topological polar surface area (TPSA) is 67.0 Å². The number of rotatable bonds is 4. The van der Waals surface area contributed by atoms with E-state index < -0.39 is 6.10 Å². The number of aromatic nitrogens is 2. The van der Waals surface area contributed by atoms with Gasteiger partial charge in [-0.2, -0.15) is 5.10 Å². The molecule has 0 fully saturated rings. The van der Waals surface area contributed by atoms with Gasteiger partial charge in [0.05, 0.1) is 11.7 Å². The minimum absolute atomic E-state index is 0.191. The van der Waals surface area contributed by atoms with Crippen LogP contribution in [0.1, 0.15) is 12.5 Å². The lowest BCUT2D eigenvalue weighted by atomic mass is 10.2. The number of benzene rings is 2. The largest absolute Gasteiger partial charge is 0.481 e. The van der Waals surface area contributed by atoms with Gasteiger partial charge in [0.15, 0.2) is 6.10 Å². The monoisotopic (exact) mass is 295 g/mol. The second kappa shape index (κ2) is 5.89. The van der Waals surface area contributed by atoms with E-state index in [2.05, 4.69) is 15.5 Å². The second-order valence-electron chi connectivity index (χ2n) is 5.23. The zero-order chi connectivity index (χ0) is 15.5. The number of hydrogen-bond acceptors (Lipinski definition) is 3. The van der Waals surface area contributed by atoms with Gasteiger partial charge in [-0.25, -0.2) is 0 Å². The maximum Gasteiger partial charge on any atom is 0.265 e. The minimum Gasteiger partial charge on any atom is -0.481 e. The number of hydrogen-bond donors (Lipinski definition) is 2. The van der Waals surface area contributed by atoms with Crippen LogP contribution >= 0.6 is 0 Å². The fourth-order valence-electron chi connectivity index (χ4n) is 2.14. The van der Waals surface area contributed by atoms with Gasteiger partial charge in [-0.1, -0.05) is 17.7 Å². The Kier molecular flexibility index (Phi) is 3.78. The van der Waals surface area contributed by atoms with Gasteiger partial charge in [0.25, 0.3) is 5.91 Å². The highest BCUT2D eigenvalue weighted by atomic mass is 16.5. The second-order valence-corrected chi connectivity index (χ2v) is 5.23. The molecule has 112 valence electrons. The number of nitrogens with one attached hydrogen (secondary N) is 2. The first-order valence-corrected chi connectivity index (χ1v) is 7.09. The van der Waals surface area contributed by atoms with E-state index in [0.29, 0.717) is 5.75 Å². The van der Waals surface area contributed by atoms with Crippen LogP contribution in [-0.4, -0.2) is 22.2 Å². The van der Waals surface area contributed by atoms with Gasteiger partial charge in [0.2, 0.25) is 0 Å². The van der Waals surface area contributed by atoms with Crippen molar-refractivity contribution in [2.45, 2.75) is 20.0 Å². The predicted molar refractivity (Wildman–Crippen MR) is 86.0 cm³/mol. The zero-order valence-corrected chi connectivity index (χ0v) is 12.5. The molecule has 0 saturated carbocycles. The normalized spacial score (nSPS) is 12.1. The number of anilines is 1. The fourth-order valence-corrected chi connectivity index (χ4v) is 2.14. The Bertz CT molecular complexity index is 793. The van der Waals surface area contributed by atoms with Crippen molar-refractivity contribution in [2.75, 3.05) is 5.32 Å². The Morgan fingerprint density at radius 3 is 2.77 bits per heavy atom. The smallest absolute Gasteiger partial charge is 0.265 e. The Balaban J connectivity index is 1.66. The number of nitrogens with zero attached hydrogens (tertiary/aromatic N) is 1. The summed E-state index contributed by atoms with van der Waals surface area (Å²) in [5.74, 6) is 0.488. The quantitative estimate of drug-likeness (QED) is 0.776. The van der Waals surface area contributed by atoms with Crippen molar-refractivity contribution in [1.29, 1.82) is 0 Å². The number of fused-ring (bicyclic) bond motifs is 1. The van der Waals surface area contributed by atoms with E-state index in [4.69, 9.17) is 4.74 Å². The summed E-state index contributed by atoms with van der Waals surface area (Å²) >= 11 is 0. The molecule has 0 bridgehead atoms. The lowest BCUT2D eigenvalue weighted by Crippen LogP contribution is -2.30. The van der Waals surface area contributed by atoms with Gasteiger partial charge >= 0.3 is 0 Å². The first-order valence-electron chi connectivity index (χ1n) is 7.09. The standard InChI is InChI=1S/C17H17N3O2/c1-11-3-6-15(7-4-11)22-12(2)17(21)19-14-5-8-16-13(9-14)10-18-20-16/h3-10,12H,1-2H3,(H,18,20)(H,19,21). The molecule has 1 atom stereocenters. The van der Waals surface area contributed by atoms with Crippen LogP contribution in [0.3, 0.4) is 0 Å². The molecule has 3 aromatic rings. The molecule has 1 unspecified atom stereocenters. The average molecular weight is 295 g/mol. The molecule has 22 heavy (non-hydrogen) atoms. The molecule has 1 aromatic heterocycles. The molecule has 0 saturated heterocycles. The van der Waals surface area contributed by atoms with Gasteiger partial charge < -0.3 is 10.1 Å². The van der Waals surface area contributed by atoms with Crippen LogP contribution in [0.2, 0.25) is 0 Å². The van der Waals surface area contributed by atoms with Gasteiger partial charge in [0, 0.05) is 11.1 Å². The minimum atomic E-state index is -0.581. The third-order valence-corrected chi connectivity index (χ3v) is 3.41. The third kappa shape index (κ3) is 3.09. The summed E-state index contributed by atoms with van der Waals surface area (Å²) in [4.78, 5) is 12.2. The van der Waals surface area contributed by atoms with Crippen LogP contribution < -0.4 is 10.1 Å². The number of H-pyrrole nitrogens is 1. The summed E-state index contributed by atoms with van der Waals surface area (Å²) in [6.07, 6.45) is 1.14. The molecule has 2 aromatic carbocycles. The van der Waals surface area contributed by atoms with E-state index in [0.717, 1.165) is 22.2 Å². The van der Waals surface area contributed by atoms with E-state index in [-0.39, 0.29) is 5.91 Å². The Hall–Kier alpha value is -2.82. The van der Waals surface area contributed by atoms with Crippen LogP contribution in [0, 0.1) is 6.92 Å². The summed E-state index contributed by atoms with van der Waals surface area (Å²) < 4.78 is 5.65. The first kappa shape index (κ1) is 14.1. The molecule has 1 amide bonds. The average Bonchev–Trinajstić information content (AvgIpc) is 2.97. The predicted octanol–water partition coefficient (Wildman–Crippen LogP) is 3.28. The van der Waals surface area contributed by atoms with Gasteiger partial charge in [-0.3, -0.25) is 9.89 Å². The van der Waals surface area contributed by atoms with E-state index in [1.165, 1.54) is 0 Å². The van der Waals surface area contributed by atoms with Crippen molar-refractivity contribution in [3.05, 3.63) is 54.2 Å². The molecule has 5 nitrogen and oxygen atoms in total. The number of carbonyl (C=O) groups excluding carboxylic acids is 1. The Labute approximate surface area is 128 Å². The molecule has 1 heterocycles. The van der Waals surface area contributed by atoms with Crippen molar-refractivity contribution >= 4 is 22.5 Å². The van der Waals surface area contributed by atoms with Gasteiger partial charge in [-0.15, -0.1) is 0 Å². The lowest BCUT2D eigenvalue weighted by molar-refractivity contribution is -0.122. The van der Waals surface area contributed by atoms with Gasteiger partial charge in [0.1, 0.15) is 5.75 Å². The maximum atomic E-state index is 12.2. The Morgan fingerprint density at radius 1 is 1.23 bits per heavy atom. The number of ether oxygens (including phenoxy) is 1. The van der Waals surface area contributed by atoms with Crippen molar-refractivity contribution in [3.63, 3.8) is 0 Å². The number of aryl methyl sites for hydroxylation is 1. The fraction of sp³-hybridized carbons (Fsp3) is 0.176. The molecule has 3 rings (SSSR count). The van der Waals surface area contributed by atoms with E-state index in [9.17, 15) is 4.79 Å². The van der Waals surface area contributed by atoms with Crippen LogP contribution in [-0.2, 0) is 4.79 Å². The van der Waals surface area contributed by atoms with Crippen molar-refractivity contribution in [1.82, 2.24) is 10.2 Å². The van der Waals surface area contributed by atoms with Crippen molar-refractivity contribution < 1.29 is 9.53 Å². The van der Waals surface area contributed by atoms with Crippen LogP contribution in [0.4, 0.5) is 5.69 Å². The molecule has 0 aliphatic rings. The summed E-state index contributed by atoms with van der Waals surface area (Å²) in [6.45, 7) is 3.73. The number of amides is 1. The maximum absolute atomic E-state index is 12.2. The Morgan fingerprint density at radius 2 is 2.00 bits per heavy atom. The number of aromatic amines is 1. The zero-order valence-electron chi connectivity index (χ0n) is 12.5. The molecule has 2 N–H and O–H groups in total.